The third-order valence-corrected chi connectivity index (χ3v) is 4.53. The van der Waals surface area contributed by atoms with E-state index in [4.69, 9.17) is 27.9 Å². The minimum Gasteiger partial charge on any atom is -0.444 e. The summed E-state index contributed by atoms with van der Waals surface area (Å²) >= 11 is 12.1. The van der Waals surface area contributed by atoms with Crippen molar-refractivity contribution in [3.63, 3.8) is 0 Å². The Morgan fingerprint density at radius 1 is 1.19 bits per heavy atom. The van der Waals surface area contributed by atoms with E-state index in [-0.39, 0.29) is 18.5 Å². The summed E-state index contributed by atoms with van der Waals surface area (Å²) in [6.45, 7) is 7.17. The number of hydrogen-bond acceptors (Lipinski definition) is 4. The number of hydrogen-bond donors (Lipinski definition) is 2. The van der Waals surface area contributed by atoms with Crippen molar-refractivity contribution >= 4 is 40.9 Å². The average molecular weight is 402 g/mol. The third kappa shape index (κ3) is 6.67. The molecule has 2 N–H and O–H groups in total. The second kappa shape index (κ2) is 8.93. The fourth-order valence-electron chi connectivity index (χ4n) is 2.71. The fourth-order valence-corrected chi connectivity index (χ4v) is 3.20. The molecule has 1 aliphatic heterocycles. The molecule has 2 rings (SSSR count). The number of amides is 2. The van der Waals surface area contributed by atoms with Gasteiger partial charge in [0.05, 0.1) is 22.3 Å². The van der Waals surface area contributed by atoms with Crippen molar-refractivity contribution in [1.29, 1.82) is 0 Å². The zero-order valence-corrected chi connectivity index (χ0v) is 16.8. The Kier molecular flexibility index (Phi) is 7.15. The predicted octanol–water partition coefficient (Wildman–Crippen LogP) is 3.92. The predicted molar refractivity (Wildman–Crippen MR) is 104 cm³/mol. The fraction of sp³-hybridized carbons (Fsp3) is 0.556. The summed E-state index contributed by atoms with van der Waals surface area (Å²) in [4.78, 5) is 26.1. The van der Waals surface area contributed by atoms with Gasteiger partial charge in [0, 0.05) is 19.1 Å². The average Bonchev–Trinajstić information content (AvgIpc) is 2.51. The molecule has 1 saturated heterocycles. The van der Waals surface area contributed by atoms with Gasteiger partial charge in [-0.25, -0.2) is 4.79 Å². The van der Waals surface area contributed by atoms with Gasteiger partial charge in [0.2, 0.25) is 5.91 Å². The van der Waals surface area contributed by atoms with Crippen molar-refractivity contribution < 1.29 is 14.3 Å². The zero-order valence-electron chi connectivity index (χ0n) is 15.3. The summed E-state index contributed by atoms with van der Waals surface area (Å²) in [6.07, 6.45) is 1.13. The number of piperidine rings is 1. The smallest absolute Gasteiger partial charge is 0.407 e. The number of alkyl carbamates (subject to hydrolysis) is 1. The van der Waals surface area contributed by atoms with Crippen LogP contribution >= 0.6 is 23.2 Å². The lowest BCUT2D eigenvalue weighted by atomic mass is 10.1. The number of likely N-dealkylation sites (tertiary alicyclic amines) is 1. The summed E-state index contributed by atoms with van der Waals surface area (Å²) in [5, 5.41) is 6.46. The van der Waals surface area contributed by atoms with Gasteiger partial charge in [-0.15, -0.1) is 0 Å². The molecular formula is C18H25Cl2N3O3. The molecule has 0 bridgehead atoms. The molecule has 26 heavy (non-hydrogen) atoms. The van der Waals surface area contributed by atoms with Crippen LogP contribution in [0.15, 0.2) is 18.2 Å². The highest BCUT2D eigenvalue weighted by atomic mass is 35.5. The number of ether oxygens (including phenoxy) is 1. The summed E-state index contributed by atoms with van der Waals surface area (Å²) < 4.78 is 5.27. The van der Waals surface area contributed by atoms with E-state index in [1.165, 1.54) is 0 Å². The molecular weight excluding hydrogens is 377 g/mol. The number of benzene rings is 1. The van der Waals surface area contributed by atoms with Gasteiger partial charge in [-0.2, -0.15) is 0 Å². The Balaban J connectivity index is 1.76. The van der Waals surface area contributed by atoms with Crippen LogP contribution in [0.2, 0.25) is 10.0 Å². The van der Waals surface area contributed by atoms with E-state index >= 15 is 0 Å². The molecule has 0 atom stereocenters. The second-order valence-corrected chi connectivity index (χ2v) is 8.16. The molecule has 0 aromatic heterocycles. The van der Waals surface area contributed by atoms with Crippen LogP contribution in [0.4, 0.5) is 10.5 Å². The third-order valence-electron chi connectivity index (χ3n) is 3.90. The molecule has 6 nitrogen and oxygen atoms in total. The topological polar surface area (TPSA) is 70.7 Å². The van der Waals surface area contributed by atoms with Crippen LogP contribution in [-0.2, 0) is 9.53 Å². The zero-order chi connectivity index (χ0) is 19.3. The SMILES string of the molecule is CC(C)(C)OC(=O)NC1CCN(CC(=O)Nc2c(Cl)cccc2Cl)CC1. The van der Waals surface area contributed by atoms with E-state index in [2.05, 4.69) is 10.6 Å². The number of nitrogens with zero attached hydrogens (tertiary/aromatic N) is 1. The summed E-state index contributed by atoms with van der Waals surface area (Å²) in [7, 11) is 0. The van der Waals surface area contributed by atoms with Crippen molar-refractivity contribution in [2.45, 2.75) is 45.3 Å². The Morgan fingerprint density at radius 2 is 1.77 bits per heavy atom. The number of anilines is 1. The van der Waals surface area contributed by atoms with E-state index in [0.717, 1.165) is 12.8 Å². The molecule has 2 amide bonds. The lowest BCUT2D eigenvalue weighted by Crippen LogP contribution is -2.47. The van der Waals surface area contributed by atoms with Gasteiger partial charge in [0.1, 0.15) is 5.60 Å². The number of carbonyl (C=O) groups excluding carboxylic acids is 2. The quantitative estimate of drug-likeness (QED) is 0.801. The Bertz CT molecular complexity index is 633. The van der Waals surface area contributed by atoms with Crippen molar-refractivity contribution in [2.75, 3.05) is 25.0 Å². The van der Waals surface area contributed by atoms with Crippen LogP contribution < -0.4 is 10.6 Å². The first kappa shape index (κ1) is 20.8. The maximum atomic E-state index is 12.2. The number of rotatable bonds is 4. The van der Waals surface area contributed by atoms with E-state index in [1.54, 1.807) is 18.2 Å². The number of nitrogens with one attached hydrogen (secondary N) is 2. The molecule has 0 spiro atoms. The summed E-state index contributed by atoms with van der Waals surface area (Å²) in [6, 6.07) is 5.14. The van der Waals surface area contributed by atoms with Crippen molar-refractivity contribution in [2.24, 2.45) is 0 Å². The van der Waals surface area contributed by atoms with E-state index in [9.17, 15) is 9.59 Å². The van der Waals surface area contributed by atoms with Crippen LogP contribution in [0.1, 0.15) is 33.6 Å². The molecule has 8 heteroatoms. The maximum absolute atomic E-state index is 12.2. The second-order valence-electron chi connectivity index (χ2n) is 7.34. The highest BCUT2D eigenvalue weighted by molar-refractivity contribution is 6.39. The minimum absolute atomic E-state index is 0.0576. The van der Waals surface area contributed by atoms with Crippen LogP contribution in [0.5, 0.6) is 0 Å². The molecule has 1 aromatic rings. The van der Waals surface area contributed by atoms with Gasteiger partial charge in [-0.05, 0) is 45.7 Å². The summed E-state index contributed by atoms with van der Waals surface area (Å²) in [5.41, 5.74) is -0.0784. The van der Waals surface area contributed by atoms with Crippen molar-refractivity contribution in [3.05, 3.63) is 28.2 Å². The monoisotopic (exact) mass is 401 g/mol. The van der Waals surface area contributed by atoms with E-state index in [1.807, 2.05) is 25.7 Å². The van der Waals surface area contributed by atoms with Gasteiger partial charge >= 0.3 is 6.09 Å². The molecule has 144 valence electrons. The molecule has 1 aromatic carbocycles. The van der Waals surface area contributed by atoms with Gasteiger partial charge in [0.15, 0.2) is 0 Å². The lowest BCUT2D eigenvalue weighted by Gasteiger charge is -2.32. The first-order chi connectivity index (χ1) is 12.1. The first-order valence-corrected chi connectivity index (χ1v) is 9.35. The normalized spacial score (nSPS) is 16.2. The number of carbonyl (C=O) groups is 2. The maximum Gasteiger partial charge on any atom is 0.407 e. The standard InChI is InChI=1S/C18H25Cl2N3O3/c1-18(2,3)26-17(25)21-12-7-9-23(10-8-12)11-15(24)22-16-13(19)5-4-6-14(16)20/h4-6,12H,7-11H2,1-3H3,(H,21,25)(H,22,24). The van der Waals surface area contributed by atoms with Crippen molar-refractivity contribution in [1.82, 2.24) is 10.2 Å². The first-order valence-electron chi connectivity index (χ1n) is 8.60. The van der Waals surface area contributed by atoms with Gasteiger partial charge < -0.3 is 15.4 Å². The molecule has 0 saturated carbocycles. The Morgan fingerprint density at radius 3 is 2.31 bits per heavy atom. The Labute approximate surface area is 164 Å². The van der Waals surface area contributed by atoms with Gasteiger partial charge in [-0.1, -0.05) is 29.3 Å². The molecule has 0 radical (unpaired) electrons. The van der Waals surface area contributed by atoms with Crippen LogP contribution in [0.3, 0.4) is 0 Å². The highest BCUT2D eigenvalue weighted by Crippen LogP contribution is 2.29. The van der Waals surface area contributed by atoms with Gasteiger partial charge in [-0.3, -0.25) is 9.69 Å². The molecule has 1 fully saturated rings. The molecule has 0 aliphatic carbocycles. The van der Waals surface area contributed by atoms with Crippen LogP contribution in [0.25, 0.3) is 0 Å². The van der Waals surface area contributed by atoms with Gasteiger partial charge in [0.25, 0.3) is 0 Å². The van der Waals surface area contributed by atoms with Crippen molar-refractivity contribution in [3.8, 4) is 0 Å². The van der Waals surface area contributed by atoms with Crippen LogP contribution in [-0.4, -0.2) is 48.2 Å². The Hall–Kier alpha value is -1.50. The molecule has 1 heterocycles. The highest BCUT2D eigenvalue weighted by Gasteiger charge is 2.24. The number of para-hydroxylation sites is 1. The lowest BCUT2D eigenvalue weighted by molar-refractivity contribution is -0.117. The van der Waals surface area contributed by atoms with E-state index in [0.29, 0.717) is 28.8 Å². The minimum atomic E-state index is -0.511. The van der Waals surface area contributed by atoms with Crippen LogP contribution in [0, 0.1) is 0 Å². The largest absolute Gasteiger partial charge is 0.444 e. The molecule has 0 unspecified atom stereocenters. The molecule has 1 aliphatic rings. The summed E-state index contributed by atoms with van der Waals surface area (Å²) in [5.74, 6) is -0.168. The van der Waals surface area contributed by atoms with E-state index < -0.39 is 11.7 Å². The number of halogens is 2.